The molecule has 0 bridgehead atoms. The fourth-order valence-electron chi connectivity index (χ4n) is 3.43. The van der Waals surface area contributed by atoms with Crippen LogP contribution in [-0.4, -0.2) is 34.2 Å². The van der Waals surface area contributed by atoms with Crippen LogP contribution in [0.4, 0.5) is 0 Å². The molecule has 1 aliphatic heterocycles. The molecule has 0 fully saturated rings. The second-order valence-corrected chi connectivity index (χ2v) is 6.95. The normalized spacial score (nSPS) is 13.1. The lowest BCUT2D eigenvalue weighted by Crippen LogP contribution is -2.35. The van der Waals surface area contributed by atoms with Crippen molar-refractivity contribution in [1.29, 1.82) is 0 Å². The predicted octanol–water partition coefficient (Wildman–Crippen LogP) is 3.21. The van der Waals surface area contributed by atoms with Gasteiger partial charge in [0.1, 0.15) is 18.1 Å². The standard InChI is InChI=1S/C22H23N3O3/c1-24-13-16(12-23-24)15-28-21-8-3-17-9-10-25(14-19(17)11-21)22(26)18-4-6-20(27-2)7-5-18/h3-8,11-13H,9-10,14-15H2,1-2H3. The first-order valence-corrected chi connectivity index (χ1v) is 9.28. The maximum Gasteiger partial charge on any atom is 0.254 e. The van der Waals surface area contributed by atoms with Crippen molar-refractivity contribution in [1.82, 2.24) is 14.7 Å². The van der Waals surface area contributed by atoms with Crippen LogP contribution in [-0.2, 0) is 26.6 Å². The van der Waals surface area contributed by atoms with Gasteiger partial charge in [0.2, 0.25) is 0 Å². The van der Waals surface area contributed by atoms with Crippen molar-refractivity contribution in [2.75, 3.05) is 13.7 Å². The highest BCUT2D eigenvalue weighted by Crippen LogP contribution is 2.26. The van der Waals surface area contributed by atoms with E-state index in [9.17, 15) is 4.79 Å². The van der Waals surface area contributed by atoms with Gasteiger partial charge in [0, 0.05) is 37.5 Å². The fraction of sp³-hybridized carbons (Fsp3) is 0.273. The molecule has 0 saturated carbocycles. The highest BCUT2D eigenvalue weighted by atomic mass is 16.5. The van der Waals surface area contributed by atoms with E-state index in [2.05, 4.69) is 11.2 Å². The zero-order valence-corrected chi connectivity index (χ0v) is 16.1. The Labute approximate surface area is 164 Å². The second kappa shape index (κ2) is 7.76. The van der Waals surface area contributed by atoms with Crippen LogP contribution < -0.4 is 9.47 Å². The molecule has 6 nitrogen and oxygen atoms in total. The number of benzene rings is 2. The molecule has 4 rings (SSSR count). The highest BCUT2D eigenvalue weighted by molar-refractivity contribution is 5.94. The Morgan fingerprint density at radius 1 is 1.11 bits per heavy atom. The third kappa shape index (κ3) is 3.86. The van der Waals surface area contributed by atoms with Gasteiger partial charge in [-0.15, -0.1) is 0 Å². The molecule has 0 aliphatic carbocycles. The van der Waals surface area contributed by atoms with Gasteiger partial charge in [-0.3, -0.25) is 9.48 Å². The SMILES string of the molecule is COc1ccc(C(=O)N2CCc3ccc(OCc4cnn(C)c4)cc3C2)cc1. The Morgan fingerprint density at radius 2 is 1.89 bits per heavy atom. The molecule has 0 atom stereocenters. The maximum absolute atomic E-state index is 12.9. The number of nitrogens with zero attached hydrogens (tertiary/aromatic N) is 3. The Kier molecular flexibility index (Phi) is 5.02. The molecule has 1 amide bonds. The number of ether oxygens (including phenoxy) is 2. The lowest BCUT2D eigenvalue weighted by molar-refractivity contribution is 0.0734. The van der Waals surface area contributed by atoms with Crippen molar-refractivity contribution in [2.45, 2.75) is 19.6 Å². The molecular formula is C22H23N3O3. The third-order valence-electron chi connectivity index (χ3n) is 4.98. The molecular weight excluding hydrogens is 354 g/mol. The van der Waals surface area contributed by atoms with Crippen molar-refractivity contribution < 1.29 is 14.3 Å². The monoisotopic (exact) mass is 377 g/mol. The van der Waals surface area contributed by atoms with Crippen LogP contribution in [0.2, 0.25) is 0 Å². The number of hydrogen-bond acceptors (Lipinski definition) is 4. The summed E-state index contributed by atoms with van der Waals surface area (Å²) < 4.78 is 12.8. The number of carbonyl (C=O) groups is 1. The molecule has 1 aromatic heterocycles. The average Bonchev–Trinajstić information content (AvgIpc) is 3.16. The Bertz CT molecular complexity index is 979. The van der Waals surface area contributed by atoms with E-state index < -0.39 is 0 Å². The Morgan fingerprint density at radius 3 is 2.61 bits per heavy atom. The van der Waals surface area contributed by atoms with Crippen molar-refractivity contribution >= 4 is 5.91 Å². The first kappa shape index (κ1) is 18.1. The van der Waals surface area contributed by atoms with Gasteiger partial charge in [-0.1, -0.05) is 6.07 Å². The van der Waals surface area contributed by atoms with E-state index in [4.69, 9.17) is 9.47 Å². The molecule has 0 N–H and O–H groups in total. The summed E-state index contributed by atoms with van der Waals surface area (Å²) in [4.78, 5) is 14.7. The summed E-state index contributed by atoms with van der Waals surface area (Å²) in [5, 5.41) is 4.15. The minimum absolute atomic E-state index is 0.0370. The van der Waals surface area contributed by atoms with Crippen molar-refractivity contribution in [3.63, 3.8) is 0 Å². The van der Waals surface area contributed by atoms with Crippen LogP contribution in [0.3, 0.4) is 0 Å². The molecule has 6 heteroatoms. The zero-order chi connectivity index (χ0) is 19.5. The molecule has 0 unspecified atom stereocenters. The molecule has 2 heterocycles. The zero-order valence-electron chi connectivity index (χ0n) is 16.1. The van der Waals surface area contributed by atoms with Crippen molar-refractivity contribution in [2.24, 2.45) is 7.05 Å². The highest BCUT2D eigenvalue weighted by Gasteiger charge is 2.22. The van der Waals surface area contributed by atoms with E-state index in [1.807, 2.05) is 54.5 Å². The summed E-state index contributed by atoms with van der Waals surface area (Å²) in [5.74, 6) is 1.59. The van der Waals surface area contributed by atoms with Crippen LogP contribution in [0.1, 0.15) is 27.0 Å². The number of methoxy groups -OCH3 is 1. The van der Waals surface area contributed by atoms with E-state index in [1.54, 1.807) is 18.0 Å². The number of aryl methyl sites for hydroxylation is 1. The van der Waals surface area contributed by atoms with Crippen LogP contribution in [0.25, 0.3) is 0 Å². The summed E-state index contributed by atoms with van der Waals surface area (Å²) in [6.45, 7) is 1.78. The van der Waals surface area contributed by atoms with Crippen LogP contribution in [0, 0.1) is 0 Å². The lowest BCUT2D eigenvalue weighted by Gasteiger charge is -2.29. The van der Waals surface area contributed by atoms with Crippen LogP contribution >= 0.6 is 0 Å². The number of fused-ring (bicyclic) bond motifs is 1. The minimum Gasteiger partial charge on any atom is -0.497 e. The number of amides is 1. The maximum atomic E-state index is 12.9. The van der Waals surface area contributed by atoms with Gasteiger partial charge in [0.25, 0.3) is 5.91 Å². The quantitative estimate of drug-likeness (QED) is 0.685. The summed E-state index contributed by atoms with van der Waals surface area (Å²) in [6, 6.07) is 13.4. The Hall–Kier alpha value is -3.28. The molecule has 2 aromatic carbocycles. The minimum atomic E-state index is 0.0370. The van der Waals surface area contributed by atoms with Crippen molar-refractivity contribution in [3.8, 4) is 11.5 Å². The predicted molar refractivity (Wildman–Crippen MR) is 105 cm³/mol. The smallest absolute Gasteiger partial charge is 0.254 e. The topological polar surface area (TPSA) is 56.6 Å². The van der Waals surface area contributed by atoms with E-state index in [1.165, 1.54) is 5.56 Å². The fourth-order valence-corrected chi connectivity index (χ4v) is 3.43. The molecule has 0 radical (unpaired) electrons. The van der Waals surface area contributed by atoms with E-state index in [0.29, 0.717) is 25.3 Å². The number of aromatic nitrogens is 2. The Balaban J connectivity index is 1.45. The number of carbonyl (C=O) groups excluding carboxylic acids is 1. The number of hydrogen-bond donors (Lipinski definition) is 0. The van der Waals surface area contributed by atoms with Gasteiger partial charge in [0.15, 0.2) is 0 Å². The van der Waals surface area contributed by atoms with Gasteiger partial charge in [-0.05, 0) is 53.9 Å². The largest absolute Gasteiger partial charge is 0.497 e. The van der Waals surface area contributed by atoms with E-state index in [0.717, 1.165) is 29.0 Å². The second-order valence-electron chi connectivity index (χ2n) is 6.95. The molecule has 144 valence electrons. The lowest BCUT2D eigenvalue weighted by atomic mass is 9.98. The first-order chi connectivity index (χ1) is 13.6. The first-order valence-electron chi connectivity index (χ1n) is 9.28. The summed E-state index contributed by atoms with van der Waals surface area (Å²) in [5.41, 5.74) is 4.11. The molecule has 3 aromatic rings. The van der Waals surface area contributed by atoms with E-state index >= 15 is 0 Å². The van der Waals surface area contributed by atoms with Crippen LogP contribution in [0.5, 0.6) is 11.5 Å². The number of rotatable bonds is 5. The van der Waals surface area contributed by atoms with Gasteiger partial charge in [-0.25, -0.2) is 0 Å². The average molecular weight is 377 g/mol. The van der Waals surface area contributed by atoms with Gasteiger partial charge in [-0.2, -0.15) is 5.10 Å². The molecule has 1 aliphatic rings. The molecule has 0 spiro atoms. The molecule has 28 heavy (non-hydrogen) atoms. The summed E-state index contributed by atoms with van der Waals surface area (Å²) >= 11 is 0. The third-order valence-corrected chi connectivity index (χ3v) is 4.98. The van der Waals surface area contributed by atoms with Gasteiger partial charge >= 0.3 is 0 Å². The van der Waals surface area contributed by atoms with E-state index in [-0.39, 0.29) is 5.91 Å². The summed E-state index contributed by atoms with van der Waals surface area (Å²) in [7, 11) is 3.50. The van der Waals surface area contributed by atoms with Crippen molar-refractivity contribution in [3.05, 3.63) is 77.1 Å². The molecule has 0 saturated heterocycles. The van der Waals surface area contributed by atoms with Gasteiger partial charge in [0.05, 0.1) is 13.3 Å². The summed E-state index contributed by atoms with van der Waals surface area (Å²) in [6.07, 6.45) is 4.58. The van der Waals surface area contributed by atoms with Gasteiger partial charge < -0.3 is 14.4 Å². The van der Waals surface area contributed by atoms with Crippen LogP contribution in [0.15, 0.2) is 54.9 Å².